The number of aryl methyl sites for hydroxylation is 1. The van der Waals surface area contributed by atoms with Crippen molar-refractivity contribution in [2.45, 2.75) is 50.1 Å². The molecular formula is C21H25N5O2. The third-order valence-corrected chi connectivity index (χ3v) is 5.33. The first kappa shape index (κ1) is 19.8. The van der Waals surface area contributed by atoms with Crippen LogP contribution in [0, 0.1) is 11.3 Å². The minimum absolute atomic E-state index is 0.230. The second-order valence-corrected chi connectivity index (χ2v) is 7.51. The van der Waals surface area contributed by atoms with Crippen molar-refractivity contribution in [3.05, 3.63) is 52.7 Å². The van der Waals surface area contributed by atoms with Crippen molar-refractivity contribution in [2.24, 2.45) is 12.8 Å². The van der Waals surface area contributed by atoms with Crippen LogP contribution in [0.5, 0.6) is 0 Å². The largest absolute Gasteiger partial charge is 0.347 e. The van der Waals surface area contributed by atoms with Gasteiger partial charge in [0.2, 0.25) is 5.91 Å². The van der Waals surface area contributed by atoms with Gasteiger partial charge < -0.3 is 15.6 Å². The SMILES string of the molecule is Cn1cc(-c2ccc(C[C@@H](C#N)NC(=O)C3(N)CCCCC3)cc2)cnc1=O. The molecule has 0 aliphatic heterocycles. The molecule has 1 aromatic heterocycles. The maximum Gasteiger partial charge on any atom is 0.347 e. The average Bonchev–Trinajstić information content (AvgIpc) is 2.70. The van der Waals surface area contributed by atoms with Crippen molar-refractivity contribution < 1.29 is 4.79 Å². The lowest BCUT2D eigenvalue weighted by molar-refractivity contribution is -0.127. The lowest BCUT2D eigenvalue weighted by Gasteiger charge is -2.32. The highest BCUT2D eigenvalue weighted by Crippen LogP contribution is 2.26. The number of nitrogens with zero attached hydrogens (tertiary/aromatic N) is 3. The van der Waals surface area contributed by atoms with E-state index < -0.39 is 11.6 Å². The zero-order chi connectivity index (χ0) is 20.1. The highest BCUT2D eigenvalue weighted by atomic mass is 16.2. The first-order chi connectivity index (χ1) is 13.4. The molecule has 1 aliphatic carbocycles. The van der Waals surface area contributed by atoms with Crippen LogP contribution >= 0.6 is 0 Å². The standard InChI is InChI=1S/C21H25N5O2/c1-26-14-17(13-24-20(26)28)16-7-5-15(6-8-16)11-18(12-22)25-19(27)21(23)9-3-2-4-10-21/h5-8,13-14,18H,2-4,9-11,23H2,1H3,(H,25,27)/t18-/m0/s1. The normalized spacial score (nSPS) is 16.8. The minimum Gasteiger partial charge on any atom is -0.338 e. The van der Waals surface area contributed by atoms with E-state index in [9.17, 15) is 14.9 Å². The maximum absolute atomic E-state index is 12.6. The molecule has 0 unspecified atom stereocenters. The van der Waals surface area contributed by atoms with Gasteiger partial charge in [0.05, 0.1) is 11.6 Å². The van der Waals surface area contributed by atoms with E-state index in [1.54, 1.807) is 19.4 Å². The Morgan fingerprint density at radius 3 is 2.57 bits per heavy atom. The second kappa shape index (κ2) is 8.36. The van der Waals surface area contributed by atoms with Crippen molar-refractivity contribution >= 4 is 5.91 Å². The smallest absolute Gasteiger partial charge is 0.338 e. The molecule has 1 heterocycles. The van der Waals surface area contributed by atoms with Crippen LogP contribution in [-0.4, -0.2) is 27.0 Å². The molecule has 3 rings (SSSR count). The fourth-order valence-corrected chi connectivity index (χ4v) is 3.57. The molecule has 28 heavy (non-hydrogen) atoms. The highest BCUT2D eigenvalue weighted by Gasteiger charge is 2.36. The van der Waals surface area contributed by atoms with E-state index in [4.69, 9.17) is 5.73 Å². The summed E-state index contributed by atoms with van der Waals surface area (Å²) in [6, 6.07) is 9.19. The van der Waals surface area contributed by atoms with Crippen LogP contribution < -0.4 is 16.7 Å². The molecule has 7 heteroatoms. The van der Waals surface area contributed by atoms with Gasteiger partial charge in [0.1, 0.15) is 6.04 Å². The Morgan fingerprint density at radius 2 is 1.96 bits per heavy atom. The summed E-state index contributed by atoms with van der Waals surface area (Å²) < 4.78 is 1.43. The molecule has 1 saturated carbocycles. The Labute approximate surface area is 164 Å². The molecule has 1 aliphatic rings. The third kappa shape index (κ3) is 4.46. The predicted molar refractivity (Wildman–Crippen MR) is 106 cm³/mol. The highest BCUT2D eigenvalue weighted by molar-refractivity contribution is 5.86. The van der Waals surface area contributed by atoms with Crippen LogP contribution in [0.15, 0.2) is 41.5 Å². The number of carbonyl (C=O) groups is 1. The van der Waals surface area contributed by atoms with Crippen LogP contribution in [0.25, 0.3) is 11.1 Å². The second-order valence-electron chi connectivity index (χ2n) is 7.51. The first-order valence-electron chi connectivity index (χ1n) is 9.53. The van der Waals surface area contributed by atoms with Crippen LogP contribution in [-0.2, 0) is 18.3 Å². The van der Waals surface area contributed by atoms with Gasteiger partial charge in [-0.1, -0.05) is 43.5 Å². The van der Waals surface area contributed by atoms with Crippen LogP contribution in [0.2, 0.25) is 0 Å². The number of hydrogen-bond donors (Lipinski definition) is 2. The fraction of sp³-hybridized carbons (Fsp3) is 0.429. The van der Waals surface area contributed by atoms with E-state index >= 15 is 0 Å². The zero-order valence-corrected chi connectivity index (χ0v) is 16.0. The molecule has 1 aromatic carbocycles. The minimum atomic E-state index is -0.854. The number of nitriles is 1. The maximum atomic E-state index is 12.6. The van der Waals surface area contributed by atoms with Crippen LogP contribution in [0.3, 0.4) is 0 Å². The fourth-order valence-electron chi connectivity index (χ4n) is 3.57. The number of aromatic nitrogens is 2. The van der Waals surface area contributed by atoms with Gasteiger partial charge in [-0.25, -0.2) is 9.78 Å². The number of hydrogen-bond acceptors (Lipinski definition) is 5. The molecule has 0 radical (unpaired) electrons. The summed E-state index contributed by atoms with van der Waals surface area (Å²) in [5, 5.41) is 12.3. The predicted octanol–water partition coefficient (Wildman–Crippen LogP) is 1.66. The Balaban J connectivity index is 1.66. The summed E-state index contributed by atoms with van der Waals surface area (Å²) in [6.45, 7) is 0. The van der Waals surface area contributed by atoms with Gasteiger partial charge in [-0.05, 0) is 24.0 Å². The van der Waals surface area contributed by atoms with Gasteiger partial charge in [0.25, 0.3) is 0 Å². The summed E-state index contributed by atoms with van der Waals surface area (Å²) in [5.74, 6) is -0.230. The van der Waals surface area contributed by atoms with Crippen LogP contribution in [0.1, 0.15) is 37.7 Å². The Kier molecular flexibility index (Phi) is 5.90. The zero-order valence-electron chi connectivity index (χ0n) is 16.0. The van der Waals surface area contributed by atoms with Crippen molar-refractivity contribution in [2.75, 3.05) is 0 Å². The third-order valence-electron chi connectivity index (χ3n) is 5.33. The van der Waals surface area contributed by atoms with Crippen molar-refractivity contribution in [3.8, 4) is 17.2 Å². The lowest BCUT2D eigenvalue weighted by atomic mass is 9.81. The number of rotatable bonds is 5. The van der Waals surface area contributed by atoms with Crippen molar-refractivity contribution in [1.82, 2.24) is 14.9 Å². The number of carbonyl (C=O) groups excluding carboxylic acids is 1. The van der Waals surface area contributed by atoms with Gasteiger partial charge in [0, 0.05) is 31.4 Å². The molecule has 0 saturated heterocycles. The first-order valence-corrected chi connectivity index (χ1v) is 9.53. The topological polar surface area (TPSA) is 114 Å². The van der Waals surface area contributed by atoms with Crippen molar-refractivity contribution in [1.29, 1.82) is 5.26 Å². The van der Waals surface area contributed by atoms with E-state index in [-0.39, 0.29) is 11.6 Å². The van der Waals surface area contributed by atoms with Crippen molar-refractivity contribution in [3.63, 3.8) is 0 Å². The summed E-state index contributed by atoms with van der Waals surface area (Å²) in [5.41, 5.74) is 7.79. The summed E-state index contributed by atoms with van der Waals surface area (Å²) >= 11 is 0. The van der Waals surface area contributed by atoms with E-state index in [1.165, 1.54) is 4.57 Å². The molecular weight excluding hydrogens is 354 g/mol. The number of benzene rings is 1. The molecule has 0 bridgehead atoms. The monoisotopic (exact) mass is 379 g/mol. The molecule has 3 N–H and O–H groups in total. The molecule has 7 nitrogen and oxygen atoms in total. The van der Waals surface area contributed by atoms with Gasteiger partial charge in [-0.3, -0.25) is 4.79 Å². The van der Waals surface area contributed by atoms with E-state index in [1.807, 2.05) is 24.3 Å². The summed E-state index contributed by atoms with van der Waals surface area (Å²) in [6.07, 6.45) is 8.01. The molecule has 2 aromatic rings. The van der Waals surface area contributed by atoms with Gasteiger partial charge >= 0.3 is 5.69 Å². The Bertz CT molecular complexity index is 937. The van der Waals surface area contributed by atoms with Crippen LogP contribution in [0.4, 0.5) is 0 Å². The molecule has 146 valence electrons. The number of nitrogens with two attached hydrogens (primary N) is 1. The Morgan fingerprint density at radius 1 is 1.29 bits per heavy atom. The number of nitrogens with one attached hydrogen (secondary N) is 1. The molecule has 1 atom stereocenters. The molecule has 1 amide bonds. The average molecular weight is 379 g/mol. The lowest BCUT2D eigenvalue weighted by Crippen LogP contribution is -2.57. The number of amides is 1. The van der Waals surface area contributed by atoms with E-state index in [0.29, 0.717) is 19.3 Å². The quantitative estimate of drug-likeness (QED) is 0.820. The van der Waals surface area contributed by atoms with E-state index in [2.05, 4.69) is 16.4 Å². The summed E-state index contributed by atoms with van der Waals surface area (Å²) in [7, 11) is 1.66. The van der Waals surface area contributed by atoms with Gasteiger partial charge in [-0.2, -0.15) is 5.26 Å². The molecule has 0 spiro atoms. The van der Waals surface area contributed by atoms with E-state index in [0.717, 1.165) is 36.0 Å². The van der Waals surface area contributed by atoms with Gasteiger partial charge in [-0.15, -0.1) is 0 Å². The summed E-state index contributed by atoms with van der Waals surface area (Å²) in [4.78, 5) is 27.8. The van der Waals surface area contributed by atoms with Gasteiger partial charge in [0.15, 0.2) is 0 Å². The Hall–Kier alpha value is -2.98. The molecule has 1 fully saturated rings.